The maximum absolute atomic E-state index is 12.0. The Kier molecular flexibility index (Phi) is 5.71. The predicted octanol–water partition coefficient (Wildman–Crippen LogP) is 2.66. The summed E-state index contributed by atoms with van der Waals surface area (Å²) in [6, 6.07) is 10.1. The lowest BCUT2D eigenvalue weighted by atomic mass is 9.99. The molecule has 1 aromatic carbocycles. The summed E-state index contributed by atoms with van der Waals surface area (Å²) in [5.74, 6) is 0. The zero-order valence-corrected chi connectivity index (χ0v) is 14.2. The first-order valence-electron chi connectivity index (χ1n) is 7.24. The molecule has 0 spiro atoms. The largest absolute Gasteiger partial charge is 0.381 e. The quantitative estimate of drug-likeness (QED) is 0.872. The molecule has 1 fully saturated rings. The Hall–Kier alpha value is -0.560. The summed E-state index contributed by atoms with van der Waals surface area (Å²) in [7, 11) is -3.23. The molecule has 4 nitrogen and oxygen atoms in total. The van der Waals surface area contributed by atoms with Gasteiger partial charge in [0.15, 0.2) is 0 Å². The highest BCUT2D eigenvalue weighted by Gasteiger charge is 2.35. The molecule has 1 aliphatic rings. The number of rotatable bonds is 6. The number of hydrogen-bond donors (Lipinski definition) is 1. The van der Waals surface area contributed by atoms with Crippen molar-refractivity contribution >= 4 is 21.8 Å². The van der Waals surface area contributed by atoms with Crippen molar-refractivity contribution in [1.29, 1.82) is 0 Å². The Bertz CT molecular complexity index is 537. The molecule has 1 aromatic rings. The van der Waals surface area contributed by atoms with Crippen LogP contribution in [0.5, 0.6) is 0 Å². The number of benzene rings is 1. The predicted molar refractivity (Wildman–Crippen MR) is 87.1 cm³/mol. The third-order valence-electron chi connectivity index (χ3n) is 3.70. The van der Waals surface area contributed by atoms with E-state index in [0.717, 1.165) is 12.8 Å². The van der Waals surface area contributed by atoms with Gasteiger partial charge >= 0.3 is 0 Å². The van der Waals surface area contributed by atoms with E-state index < -0.39 is 15.3 Å². The smallest absolute Gasteiger partial charge is 0.213 e. The average Bonchev–Trinajstić information content (AvgIpc) is 2.47. The van der Waals surface area contributed by atoms with Gasteiger partial charge < -0.3 is 4.74 Å². The van der Waals surface area contributed by atoms with Crippen molar-refractivity contribution in [3.8, 4) is 0 Å². The molecule has 0 bridgehead atoms. The maximum Gasteiger partial charge on any atom is 0.213 e. The molecule has 118 valence electrons. The second-order valence-corrected chi connectivity index (χ2v) is 9.49. The number of sulfonamides is 1. The van der Waals surface area contributed by atoms with E-state index in [-0.39, 0.29) is 4.75 Å². The number of hydrogen-bond acceptors (Lipinski definition) is 4. The van der Waals surface area contributed by atoms with E-state index in [9.17, 15) is 8.42 Å². The SMILES string of the molecule is CC(C)S(=O)(=O)NCC1(Sc2ccccc2)CCOCC1. The van der Waals surface area contributed by atoms with Crippen molar-refractivity contribution in [3.05, 3.63) is 30.3 Å². The molecule has 0 aromatic heterocycles. The highest BCUT2D eigenvalue weighted by atomic mass is 32.2. The van der Waals surface area contributed by atoms with Gasteiger partial charge in [0.05, 0.1) is 5.25 Å². The Balaban J connectivity index is 2.10. The molecular weight excluding hydrogens is 306 g/mol. The zero-order valence-electron chi connectivity index (χ0n) is 12.5. The summed E-state index contributed by atoms with van der Waals surface area (Å²) in [5.41, 5.74) is 0. The van der Waals surface area contributed by atoms with Crippen LogP contribution in [0.15, 0.2) is 35.2 Å². The minimum Gasteiger partial charge on any atom is -0.381 e. The first kappa shape index (κ1) is 16.8. The van der Waals surface area contributed by atoms with Gasteiger partial charge in [-0.25, -0.2) is 13.1 Å². The molecule has 1 heterocycles. The van der Waals surface area contributed by atoms with Crippen LogP contribution in [0.3, 0.4) is 0 Å². The van der Waals surface area contributed by atoms with Crippen LogP contribution in [0.25, 0.3) is 0 Å². The molecule has 0 saturated carbocycles. The molecule has 1 N–H and O–H groups in total. The van der Waals surface area contributed by atoms with E-state index in [1.54, 1.807) is 25.6 Å². The molecule has 0 atom stereocenters. The van der Waals surface area contributed by atoms with E-state index in [2.05, 4.69) is 16.9 Å². The summed E-state index contributed by atoms with van der Waals surface area (Å²) < 4.78 is 32.1. The first-order chi connectivity index (χ1) is 9.94. The van der Waals surface area contributed by atoms with Crippen molar-refractivity contribution in [2.75, 3.05) is 19.8 Å². The highest BCUT2D eigenvalue weighted by Crippen LogP contribution is 2.40. The van der Waals surface area contributed by atoms with Crippen molar-refractivity contribution in [2.45, 2.75) is 41.6 Å². The van der Waals surface area contributed by atoms with Crippen LogP contribution in [0.1, 0.15) is 26.7 Å². The van der Waals surface area contributed by atoms with E-state index >= 15 is 0 Å². The molecule has 0 amide bonds. The lowest BCUT2D eigenvalue weighted by Crippen LogP contribution is -2.45. The highest BCUT2D eigenvalue weighted by molar-refractivity contribution is 8.00. The molecule has 0 radical (unpaired) electrons. The number of thioether (sulfide) groups is 1. The molecule has 1 aliphatic heterocycles. The summed E-state index contributed by atoms with van der Waals surface area (Å²) in [6.07, 6.45) is 1.71. The second kappa shape index (κ2) is 7.13. The fourth-order valence-corrected chi connectivity index (χ4v) is 4.41. The second-order valence-electron chi connectivity index (χ2n) is 5.63. The van der Waals surface area contributed by atoms with Gasteiger partial charge in [0, 0.05) is 29.4 Å². The minimum absolute atomic E-state index is 0.123. The Morgan fingerprint density at radius 2 is 1.86 bits per heavy atom. The fourth-order valence-electron chi connectivity index (χ4n) is 2.20. The molecular formula is C15H23NO3S2. The Morgan fingerprint density at radius 1 is 1.24 bits per heavy atom. The summed E-state index contributed by atoms with van der Waals surface area (Å²) >= 11 is 1.76. The molecule has 21 heavy (non-hydrogen) atoms. The maximum atomic E-state index is 12.0. The molecule has 0 aliphatic carbocycles. The third-order valence-corrected chi connectivity index (χ3v) is 6.98. The molecule has 2 rings (SSSR count). The summed E-state index contributed by atoms with van der Waals surface area (Å²) in [5, 5.41) is -0.406. The number of ether oxygens (including phenoxy) is 1. The van der Waals surface area contributed by atoms with Crippen LogP contribution in [-0.2, 0) is 14.8 Å². The summed E-state index contributed by atoms with van der Waals surface area (Å²) in [6.45, 7) is 5.22. The van der Waals surface area contributed by atoms with Crippen LogP contribution in [0, 0.1) is 0 Å². The standard InChI is InChI=1S/C15H23NO3S2/c1-13(2)21(17,18)16-12-15(8-10-19-11-9-15)20-14-6-4-3-5-7-14/h3-7,13,16H,8-12H2,1-2H3. The van der Waals surface area contributed by atoms with Gasteiger partial charge in [-0.3, -0.25) is 0 Å². The van der Waals surface area contributed by atoms with Gasteiger partial charge in [0.25, 0.3) is 0 Å². The average molecular weight is 329 g/mol. The zero-order chi connectivity index (χ0) is 15.3. The normalized spacial score (nSPS) is 18.8. The van der Waals surface area contributed by atoms with Gasteiger partial charge in [0.2, 0.25) is 10.0 Å². The van der Waals surface area contributed by atoms with Crippen LogP contribution < -0.4 is 4.72 Å². The van der Waals surface area contributed by atoms with Gasteiger partial charge in [0.1, 0.15) is 0 Å². The van der Waals surface area contributed by atoms with Gasteiger partial charge in [-0.15, -0.1) is 11.8 Å². The fraction of sp³-hybridized carbons (Fsp3) is 0.600. The van der Waals surface area contributed by atoms with Crippen LogP contribution in [-0.4, -0.2) is 38.2 Å². The third kappa shape index (κ3) is 4.71. The van der Waals surface area contributed by atoms with Crippen molar-refractivity contribution in [2.24, 2.45) is 0 Å². The number of nitrogens with one attached hydrogen (secondary N) is 1. The first-order valence-corrected chi connectivity index (χ1v) is 9.60. The van der Waals surface area contributed by atoms with Gasteiger partial charge in [-0.2, -0.15) is 0 Å². The van der Waals surface area contributed by atoms with Crippen molar-refractivity contribution < 1.29 is 13.2 Å². The lowest BCUT2D eigenvalue weighted by molar-refractivity contribution is 0.0784. The monoisotopic (exact) mass is 329 g/mol. The topological polar surface area (TPSA) is 55.4 Å². The Morgan fingerprint density at radius 3 is 2.43 bits per heavy atom. The van der Waals surface area contributed by atoms with Crippen LogP contribution in [0.4, 0.5) is 0 Å². The van der Waals surface area contributed by atoms with Gasteiger partial charge in [-0.05, 0) is 38.8 Å². The lowest BCUT2D eigenvalue weighted by Gasteiger charge is -2.36. The van der Waals surface area contributed by atoms with E-state index in [1.165, 1.54) is 4.90 Å². The van der Waals surface area contributed by atoms with Crippen LogP contribution in [0.2, 0.25) is 0 Å². The summed E-state index contributed by atoms with van der Waals surface area (Å²) in [4.78, 5) is 1.17. The van der Waals surface area contributed by atoms with Crippen molar-refractivity contribution in [1.82, 2.24) is 4.72 Å². The molecule has 1 saturated heterocycles. The Labute approximate surface area is 131 Å². The molecule has 0 unspecified atom stereocenters. The van der Waals surface area contributed by atoms with Crippen LogP contribution >= 0.6 is 11.8 Å². The van der Waals surface area contributed by atoms with Crippen molar-refractivity contribution in [3.63, 3.8) is 0 Å². The minimum atomic E-state index is -3.23. The van der Waals surface area contributed by atoms with E-state index in [4.69, 9.17) is 4.74 Å². The van der Waals surface area contributed by atoms with E-state index in [0.29, 0.717) is 19.8 Å². The molecule has 6 heteroatoms. The van der Waals surface area contributed by atoms with E-state index in [1.807, 2.05) is 18.2 Å². The van der Waals surface area contributed by atoms with Gasteiger partial charge in [-0.1, -0.05) is 18.2 Å².